The summed E-state index contributed by atoms with van der Waals surface area (Å²) in [7, 11) is -3.56. The Balaban J connectivity index is 1.74. The number of hydrogen-bond donors (Lipinski definition) is 1. The van der Waals surface area contributed by atoms with Crippen molar-refractivity contribution in [3.8, 4) is 0 Å². The van der Waals surface area contributed by atoms with E-state index in [1.165, 1.54) is 19.3 Å². The van der Waals surface area contributed by atoms with Gasteiger partial charge in [0.05, 0.1) is 11.9 Å². The molecular formula is C17H23ClN2O3S. The number of aryl methyl sites for hydroxylation is 1. The maximum absolute atomic E-state index is 12.4. The van der Waals surface area contributed by atoms with Crippen molar-refractivity contribution in [2.45, 2.75) is 38.6 Å². The molecule has 1 aromatic rings. The molecule has 0 aromatic heterocycles. The zero-order chi connectivity index (χ0) is 17.5. The molecule has 2 saturated carbocycles. The second-order valence-electron chi connectivity index (χ2n) is 7.05. The SMILES string of the molecule is Cc1cc(Cl)ccc1N(CC(=O)N[C@@H]1C[C@H]2CC[C@@H]1C2)S(C)(=O)=O. The average molecular weight is 371 g/mol. The molecule has 0 aliphatic heterocycles. The van der Waals surface area contributed by atoms with Crippen molar-refractivity contribution in [2.24, 2.45) is 11.8 Å². The number of sulfonamides is 1. The van der Waals surface area contributed by atoms with E-state index in [9.17, 15) is 13.2 Å². The van der Waals surface area contributed by atoms with Crippen LogP contribution in [0.2, 0.25) is 5.02 Å². The third-order valence-corrected chi connectivity index (χ3v) is 6.56. The van der Waals surface area contributed by atoms with Gasteiger partial charge in [-0.3, -0.25) is 9.10 Å². The van der Waals surface area contributed by atoms with Crippen LogP contribution in [0.3, 0.4) is 0 Å². The van der Waals surface area contributed by atoms with Gasteiger partial charge >= 0.3 is 0 Å². The summed E-state index contributed by atoms with van der Waals surface area (Å²) in [5.41, 5.74) is 1.21. The van der Waals surface area contributed by atoms with Crippen molar-refractivity contribution in [1.82, 2.24) is 5.32 Å². The molecule has 2 aliphatic carbocycles. The molecule has 5 nitrogen and oxygen atoms in total. The maximum Gasteiger partial charge on any atom is 0.241 e. The van der Waals surface area contributed by atoms with Gasteiger partial charge < -0.3 is 5.32 Å². The summed E-state index contributed by atoms with van der Waals surface area (Å²) in [5.74, 6) is 1.04. The molecular weight excluding hydrogens is 348 g/mol. The van der Waals surface area contributed by atoms with E-state index >= 15 is 0 Å². The summed E-state index contributed by atoms with van der Waals surface area (Å²) in [6.45, 7) is 1.59. The van der Waals surface area contributed by atoms with Crippen LogP contribution < -0.4 is 9.62 Å². The Morgan fingerprint density at radius 2 is 2.08 bits per heavy atom. The van der Waals surface area contributed by atoms with E-state index < -0.39 is 10.0 Å². The van der Waals surface area contributed by atoms with Gasteiger partial charge in [-0.15, -0.1) is 0 Å². The fraction of sp³-hybridized carbons (Fsp3) is 0.588. The third-order valence-electron chi connectivity index (χ3n) is 5.20. The summed E-state index contributed by atoms with van der Waals surface area (Å²) in [5, 5.41) is 3.58. The zero-order valence-electron chi connectivity index (χ0n) is 14.0. The molecule has 7 heteroatoms. The van der Waals surface area contributed by atoms with Gasteiger partial charge in [0, 0.05) is 11.1 Å². The molecule has 3 atom stereocenters. The van der Waals surface area contributed by atoms with Crippen molar-refractivity contribution in [1.29, 1.82) is 0 Å². The number of halogens is 1. The normalized spacial score (nSPS) is 25.7. The van der Waals surface area contributed by atoms with E-state index in [1.807, 2.05) is 0 Å². The highest BCUT2D eigenvalue weighted by molar-refractivity contribution is 7.92. The van der Waals surface area contributed by atoms with Crippen LogP contribution in [0.25, 0.3) is 0 Å². The number of amides is 1. The van der Waals surface area contributed by atoms with Gasteiger partial charge in [-0.2, -0.15) is 0 Å². The van der Waals surface area contributed by atoms with Crippen LogP contribution in [0.15, 0.2) is 18.2 Å². The lowest BCUT2D eigenvalue weighted by Gasteiger charge is -2.27. The number of rotatable bonds is 5. The number of fused-ring (bicyclic) bond motifs is 2. The van der Waals surface area contributed by atoms with Crippen molar-refractivity contribution in [3.63, 3.8) is 0 Å². The molecule has 2 bridgehead atoms. The van der Waals surface area contributed by atoms with Crippen LogP contribution in [-0.2, 0) is 14.8 Å². The summed E-state index contributed by atoms with van der Waals surface area (Å²) in [6.07, 6.45) is 5.76. The average Bonchev–Trinajstić information content (AvgIpc) is 3.07. The second kappa shape index (κ2) is 6.56. The molecule has 24 heavy (non-hydrogen) atoms. The smallest absolute Gasteiger partial charge is 0.241 e. The first kappa shape index (κ1) is 17.5. The molecule has 132 valence electrons. The highest BCUT2D eigenvalue weighted by Crippen LogP contribution is 2.44. The fourth-order valence-electron chi connectivity index (χ4n) is 4.08. The topological polar surface area (TPSA) is 66.5 Å². The minimum Gasteiger partial charge on any atom is -0.352 e. The Labute approximate surface area is 148 Å². The number of carbonyl (C=O) groups excluding carboxylic acids is 1. The van der Waals surface area contributed by atoms with Crippen LogP contribution in [0.4, 0.5) is 5.69 Å². The van der Waals surface area contributed by atoms with Gasteiger partial charge in [0.15, 0.2) is 0 Å². The highest BCUT2D eigenvalue weighted by Gasteiger charge is 2.40. The quantitative estimate of drug-likeness (QED) is 0.866. The molecule has 2 fully saturated rings. The molecule has 1 aromatic carbocycles. The van der Waals surface area contributed by atoms with Crippen molar-refractivity contribution < 1.29 is 13.2 Å². The number of anilines is 1. The predicted octanol–water partition coefficient (Wildman–Crippen LogP) is 2.72. The van der Waals surface area contributed by atoms with E-state index in [0.717, 1.165) is 28.5 Å². The maximum atomic E-state index is 12.4. The molecule has 0 heterocycles. The minimum atomic E-state index is -3.56. The van der Waals surface area contributed by atoms with Crippen LogP contribution in [-0.4, -0.2) is 33.2 Å². The second-order valence-corrected chi connectivity index (χ2v) is 9.39. The Hall–Kier alpha value is -1.27. The molecule has 0 spiro atoms. The number of hydrogen-bond acceptors (Lipinski definition) is 3. The van der Waals surface area contributed by atoms with Crippen LogP contribution in [0.1, 0.15) is 31.2 Å². The van der Waals surface area contributed by atoms with E-state index in [1.54, 1.807) is 25.1 Å². The van der Waals surface area contributed by atoms with Gasteiger partial charge in [-0.1, -0.05) is 18.0 Å². The van der Waals surface area contributed by atoms with Crippen LogP contribution >= 0.6 is 11.6 Å². The first-order chi connectivity index (χ1) is 11.2. The minimum absolute atomic E-state index is 0.198. The van der Waals surface area contributed by atoms with Gasteiger partial charge in [0.25, 0.3) is 0 Å². The molecule has 2 aliphatic rings. The van der Waals surface area contributed by atoms with Crippen molar-refractivity contribution >= 4 is 33.2 Å². The van der Waals surface area contributed by atoms with Gasteiger partial charge in [-0.25, -0.2) is 8.42 Å². The van der Waals surface area contributed by atoms with Gasteiger partial charge in [-0.05, 0) is 61.8 Å². The summed E-state index contributed by atoms with van der Waals surface area (Å²) >= 11 is 5.94. The first-order valence-electron chi connectivity index (χ1n) is 8.27. The lowest BCUT2D eigenvalue weighted by Crippen LogP contribution is -2.45. The fourth-order valence-corrected chi connectivity index (χ4v) is 5.22. The third kappa shape index (κ3) is 3.70. The monoisotopic (exact) mass is 370 g/mol. The summed E-state index contributed by atoms with van der Waals surface area (Å²) < 4.78 is 25.5. The molecule has 1 N–H and O–H groups in total. The summed E-state index contributed by atoms with van der Waals surface area (Å²) in [4.78, 5) is 12.4. The van der Waals surface area contributed by atoms with E-state index in [0.29, 0.717) is 16.6 Å². The first-order valence-corrected chi connectivity index (χ1v) is 10.5. The molecule has 1 amide bonds. The van der Waals surface area contributed by atoms with E-state index in [-0.39, 0.29) is 18.5 Å². The number of nitrogens with one attached hydrogen (secondary N) is 1. The Kier molecular flexibility index (Phi) is 4.80. The summed E-state index contributed by atoms with van der Waals surface area (Å²) in [6, 6.07) is 5.17. The Morgan fingerprint density at radius 3 is 2.62 bits per heavy atom. The lowest BCUT2D eigenvalue weighted by molar-refractivity contribution is -0.120. The molecule has 3 rings (SSSR count). The van der Waals surface area contributed by atoms with E-state index in [2.05, 4.69) is 5.32 Å². The lowest BCUT2D eigenvalue weighted by atomic mass is 9.95. The standard InChI is InChI=1S/C17H23ClN2O3S/c1-11-7-14(18)5-6-16(11)20(24(2,22)23)10-17(21)19-15-9-12-3-4-13(15)8-12/h5-7,12-13,15H,3-4,8-10H2,1-2H3,(H,19,21)/t12-,13+,15+/m0/s1. The highest BCUT2D eigenvalue weighted by atomic mass is 35.5. The van der Waals surface area contributed by atoms with Crippen LogP contribution in [0.5, 0.6) is 0 Å². The van der Waals surface area contributed by atoms with Gasteiger partial charge in [0.2, 0.25) is 15.9 Å². The number of carbonyl (C=O) groups is 1. The number of benzene rings is 1. The number of nitrogens with zero attached hydrogens (tertiary/aromatic N) is 1. The Morgan fingerprint density at radius 1 is 1.33 bits per heavy atom. The van der Waals surface area contributed by atoms with E-state index in [4.69, 9.17) is 11.6 Å². The Bertz CT molecular complexity index is 750. The van der Waals surface area contributed by atoms with Crippen molar-refractivity contribution in [2.75, 3.05) is 17.1 Å². The predicted molar refractivity (Wildman–Crippen MR) is 95.8 cm³/mol. The van der Waals surface area contributed by atoms with Crippen molar-refractivity contribution in [3.05, 3.63) is 28.8 Å². The zero-order valence-corrected chi connectivity index (χ0v) is 15.5. The largest absolute Gasteiger partial charge is 0.352 e. The van der Waals surface area contributed by atoms with Crippen LogP contribution in [0, 0.1) is 18.8 Å². The van der Waals surface area contributed by atoms with Gasteiger partial charge in [0.1, 0.15) is 6.54 Å². The molecule has 0 unspecified atom stereocenters. The molecule has 0 radical (unpaired) electrons. The molecule has 0 saturated heterocycles.